The number of anilines is 1. The number of nitrogens with zero attached hydrogens (tertiary/aromatic N) is 3. The van der Waals surface area contributed by atoms with Gasteiger partial charge >= 0.3 is 0 Å². The van der Waals surface area contributed by atoms with Crippen molar-refractivity contribution >= 4 is 29.3 Å². The Morgan fingerprint density at radius 2 is 1.94 bits per heavy atom. The topological polar surface area (TPSA) is 71.3 Å². The van der Waals surface area contributed by atoms with Crippen LogP contribution in [-0.2, 0) is 13.5 Å². The predicted octanol–water partition coefficient (Wildman–Crippen LogP) is 4.34. The van der Waals surface area contributed by atoms with Gasteiger partial charge in [0.05, 0.1) is 5.69 Å². The minimum atomic E-state index is -0.389. The van der Waals surface area contributed by atoms with Crippen LogP contribution < -0.4 is 10.6 Å². The van der Waals surface area contributed by atoms with Crippen LogP contribution in [0, 0.1) is 19.7 Å². The van der Waals surface area contributed by atoms with Gasteiger partial charge in [-0.2, -0.15) is 5.10 Å². The number of carbonyl (C=O) groups is 1. The first-order valence-electron chi connectivity index (χ1n) is 9.89. The van der Waals surface area contributed by atoms with E-state index in [1.807, 2.05) is 56.1 Å². The van der Waals surface area contributed by atoms with E-state index < -0.39 is 0 Å². The van der Waals surface area contributed by atoms with Crippen LogP contribution in [-0.4, -0.2) is 34.4 Å². The van der Waals surface area contributed by atoms with Crippen molar-refractivity contribution in [3.63, 3.8) is 0 Å². The normalized spacial score (nSPS) is 11.5. The lowest BCUT2D eigenvalue weighted by Gasteiger charge is -2.13. The summed E-state index contributed by atoms with van der Waals surface area (Å²) >= 11 is 1.63. The summed E-state index contributed by atoms with van der Waals surface area (Å²) in [4.78, 5) is 18.3. The molecule has 0 fully saturated rings. The zero-order chi connectivity index (χ0) is 22.4. The molecule has 1 aromatic heterocycles. The highest BCUT2D eigenvalue weighted by atomic mass is 32.2. The number of hydrogen-bond acceptors (Lipinski definition) is 4. The summed E-state index contributed by atoms with van der Waals surface area (Å²) in [6.07, 6.45) is 2.71. The molecule has 162 valence electrons. The number of aliphatic imine (C=N–C) groups is 1. The minimum Gasteiger partial charge on any atom is -0.326 e. The number of thioether (sulfide) groups is 1. The number of guanidine groups is 1. The first-order valence-corrected chi connectivity index (χ1v) is 11.1. The Morgan fingerprint density at radius 3 is 2.58 bits per heavy atom. The summed E-state index contributed by atoms with van der Waals surface area (Å²) in [7, 11) is 1.92. The molecule has 0 aliphatic carbocycles. The van der Waals surface area contributed by atoms with E-state index in [2.05, 4.69) is 20.7 Å². The van der Waals surface area contributed by atoms with Gasteiger partial charge in [0.15, 0.2) is 0 Å². The molecule has 3 aromatic rings. The highest BCUT2D eigenvalue weighted by Crippen LogP contribution is 2.19. The zero-order valence-electron chi connectivity index (χ0n) is 18.1. The van der Waals surface area contributed by atoms with Crippen LogP contribution in [0.5, 0.6) is 0 Å². The number of carbonyl (C=O) groups excluding carboxylic acids is 1. The maximum atomic E-state index is 13.2. The van der Waals surface area contributed by atoms with Crippen molar-refractivity contribution in [2.24, 2.45) is 12.0 Å². The lowest BCUT2D eigenvalue weighted by molar-refractivity contribution is 0.0977. The maximum absolute atomic E-state index is 13.2. The van der Waals surface area contributed by atoms with Crippen molar-refractivity contribution in [3.05, 3.63) is 76.9 Å². The fourth-order valence-electron chi connectivity index (χ4n) is 3.19. The standard InChI is InChI=1S/C23H26FN5OS/c1-15-21(16(2)29(3)28-15)12-13-25-23(26-19-6-5-7-20(14-19)31-4)27-22(30)17-8-10-18(24)11-9-17/h5-11,14H,12-13H2,1-4H3,(H2,25,26,27,30). The molecule has 0 saturated heterocycles. The molecule has 0 atom stereocenters. The molecule has 0 bridgehead atoms. The van der Waals surface area contributed by atoms with E-state index in [4.69, 9.17) is 0 Å². The molecule has 0 aliphatic heterocycles. The fourth-order valence-corrected chi connectivity index (χ4v) is 3.65. The van der Waals surface area contributed by atoms with Gasteiger partial charge in [-0.05, 0) is 74.6 Å². The highest BCUT2D eigenvalue weighted by Gasteiger charge is 2.12. The summed E-state index contributed by atoms with van der Waals surface area (Å²) in [5.41, 5.74) is 4.41. The third-order valence-corrected chi connectivity index (χ3v) is 5.69. The Balaban J connectivity index is 1.79. The first kappa shape index (κ1) is 22.6. The SMILES string of the molecule is CSc1cccc(NC(=NCCc2c(C)nn(C)c2C)NC(=O)c2ccc(F)cc2)c1. The van der Waals surface area contributed by atoms with E-state index >= 15 is 0 Å². The molecule has 6 nitrogen and oxygen atoms in total. The molecule has 0 unspecified atom stereocenters. The maximum Gasteiger partial charge on any atom is 0.257 e. The molecule has 0 saturated carbocycles. The molecule has 2 aromatic carbocycles. The van der Waals surface area contributed by atoms with E-state index in [0.717, 1.165) is 27.5 Å². The van der Waals surface area contributed by atoms with E-state index in [0.29, 0.717) is 24.5 Å². The Morgan fingerprint density at radius 1 is 1.19 bits per heavy atom. The van der Waals surface area contributed by atoms with Crippen molar-refractivity contribution in [2.75, 3.05) is 18.1 Å². The average Bonchev–Trinajstić information content (AvgIpc) is 3.00. The van der Waals surface area contributed by atoms with Gasteiger partial charge in [0.2, 0.25) is 5.96 Å². The number of hydrogen-bond donors (Lipinski definition) is 2. The van der Waals surface area contributed by atoms with Crippen LogP contribution in [0.3, 0.4) is 0 Å². The Bertz CT molecular complexity index is 1090. The van der Waals surface area contributed by atoms with Crippen LogP contribution in [0.1, 0.15) is 27.3 Å². The van der Waals surface area contributed by atoms with Crippen LogP contribution >= 0.6 is 11.8 Å². The molecule has 3 rings (SSSR count). The van der Waals surface area contributed by atoms with Gasteiger partial charge in [-0.25, -0.2) is 4.39 Å². The Hall–Kier alpha value is -3.13. The molecule has 31 heavy (non-hydrogen) atoms. The van der Waals surface area contributed by atoms with E-state index in [-0.39, 0.29) is 11.7 Å². The number of benzene rings is 2. The number of halogens is 1. The van der Waals surface area contributed by atoms with Gasteiger partial charge in [-0.3, -0.25) is 19.8 Å². The van der Waals surface area contributed by atoms with Crippen molar-refractivity contribution < 1.29 is 9.18 Å². The number of rotatable bonds is 6. The molecular weight excluding hydrogens is 413 g/mol. The van der Waals surface area contributed by atoms with Crippen molar-refractivity contribution in [1.29, 1.82) is 0 Å². The minimum absolute atomic E-state index is 0.340. The quantitative estimate of drug-likeness (QED) is 0.341. The summed E-state index contributed by atoms with van der Waals surface area (Å²) < 4.78 is 15.0. The highest BCUT2D eigenvalue weighted by molar-refractivity contribution is 7.98. The molecule has 1 heterocycles. The van der Waals surface area contributed by atoms with Crippen molar-refractivity contribution in [1.82, 2.24) is 15.1 Å². The second kappa shape index (κ2) is 10.3. The van der Waals surface area contributed by atoms with Crippen LogP contribution in [0.15, 0.2) is 58.4 Å². The summed E-state index contributed by atoms with van der Waals surface area (Å²) in [6, 6.07) is 13.3. The molecule has 1 amide bonds. The third-order valence-electron chi connectivity index (χ3n) is 4.96. The average molecular weight is 440 g/mol. The third kappa shape index (κ3) is 5.95. The second-order valence-corrected chi connectivity index (χ2v) is 7.95. The van der Waals surface area contributed by atoms with Gasteiger partial charge in [0, 0.05) is 35.4 Å². The first-order chi connectivity index (χ1) is 14.9. The smallest absolute Gasteiger partial charge is 0.257 e. The Kier molecular flexibility index (Phi) is 7.46. The number of amides is 1. The van der Waals surface area contributed by atoms with Crippen LogP contribution in [0.2, 0.25) is 0 Å². The molecule has 0 radical (unpaired) electrons. The monoisotopic (exact) mass is 439 g/mol. The van der Waals surface area contributed by atoms with Gasteiger partial charge in [0.1, 0.15) is 5.82 Å². The number of nitrogens with one attached hydrogen (secondary N) is 2. The molecular formula is C23H26FN5OS. The van der Waals surface area contributed by atoms with Gasteiger partial charge in [-0.15, -0.1) is 11.8 Å². The largest absolute Gasteiger partial charge is 0.326 e. The van der Waals surface area contributed by atoms with Gasteiger partial charge in [0.25, 0.3) is 5.91 Å². The van der Waals surface area contributed by atoms with Gasteiger partial charge < -0.3 is 5.32 Å². The summed E-state index contributed by atoms with van der Waals surface area (Å²) in [5, 5.41) is 10.4. The fraction of sp³-hybridized carbons (Fsp3) is 0.261. The molecule has 2 N–H and O–H groups in total. The summed E-state index contributed by atoms with van der Waals surface area (Å²) in [5.74, 6) is -0.410. The molecule has 0 aliphatic rings. The van der Waals surface area contributed by atoms with Crippen LogP contribution in [0.4, 0.5) is 10.1 Å². The van der Waals surface area contributed by atoms with E-state index in [1.165, 1.54) is 24.3 Å². The Labute approximate surface area is 186 Å². The van der Waals surface area contributed by atoms with E-state index in [1.54, 1.807) is 11.8 Å². The zero-order valence-corrected chi connectivity index (χ0v) is 18.9. The van der Waals surface area contributed by atoms with Crippen molar-refractivity contribution in [3.8, 4) is 0 Å². The molecule has 8 heteroatoms. The molecule has 0 spiro atoms. The second-order valence-electron chi connectivity index (χ2n) is 7.07. The van der Waals surface area contributed by atoms with E-state index in [9.17, 15) is 9.18 Å². The number of aromatic nitrogens is 2. The van der Waals surface area contributed by atoms with Gasteiger partial charge in [-0.1, -0.05) is 6.07 Å². The lowest BCUT2D eigenvalue weighted by Crippen LogP contribution is -2.36. The van der Waals surface area contributed by atoms with Crippen LogP contribution in [0.25, 0.3) is 0 Å². The predicted molar refractivity (Wildman–Crippen MR) is 124 cm³/mol. The number of aryl methyl sites for hydroxylation is 2. The van der Waals surface area contributed by atoms with Crippen molar-refractivity contribution in [2.45, 2.75) is 25.2 Å². The lowest BCUT2D eigenvalue weighted by atomic mass is 10.1. The summed E-state index contributed by atoms with van der Waals surface area (Å²) in [6.45, 7) is 4.49.